The van der Waals surface area contributed by atoms with Gasteiger partial charge in [-0.3, -0.25) is 14.9 Å². The molecule has 1 amide bonds. The zero-order valence-electron chi connectivity index (χ0n) is 13.9. The van der Waals surface area contributed by atoms with Crippen molar-refractivity contribution >= 4 is 40.0 Å². The number of aryl methyl sites for hydroxylation is 1. The summed E-state index contributed by atoms with van der Waals surface area (Å²) in [5, 5.41) is 13.8. The molecule has 0 aliphatic carbocycles. The lowest BCUT2D eigenvalue weighted by atomic mass is 10.1. The number of amides is 1. The molecule has 2 aromatic rings. The summed E-state index contributed by atoms with van der Waals surface area (Å²) in [6.07, 6.45) is 2.72. The maximum atomic E-state index is 12.1. The predicted molar refractivity (Wildman–Crippen MR) is 95.9 cm³/mol. The highest BCUT2D eigenvalue weighted by Gasteiger charge is 2.20. The van der Waals surface area contributed by atoms with Crippen LogP contribution < -0.4 is 5.32 Å². The van der Waals surface area contributed by atoms with Gasteiger partial charge >= 0.3 is 5.97 Å². The molecule has 1 aromatic heterocycles. The van der Waals surface area contributed by atoms with E-state index in [1.165, 1.54) is 48.8 Å². The minimum Gasteiger partial charge on any atom is -0.465 e. The second-order valence-electron chi connectivity index (χ2n) is 5.15. The van der Waals surface area contributed by atoms with Gasteiger partial charge in [0, 0.05) is 23.1 Å². The third kappa shape index (κ3) is 4.30. The van der Waals surface area contributed by atoms with Crippen molar-refractivity contribution in [2.24, 2.45) is 0 Å². The second kappa shape index (κ2) is 7.71. The Morgan fingerprint density at radius 1 is 1.32 bits per heavy atom. The van der Waals surface area contributed by atoms with E-state index in [4.69, 9.17) is 4.74 Å². The van der Waals surface area contributed by atoms with Gasteiger partial charge in [-0.25, -0.2) is 4.79 Å². The predicted octanol–water partition coefficient (Wildman–Crippen LogP) is 3.71. The zero-order chi connectivity index (χ0) is 18.6. The van der Waals surface area contributed by atoms with Gasteiger partial charge in [-0.15, -0.1) is 11.3 Å². The Hall–Kier alpha value is -3.00. The number of thiophene rings is 1. The number of hydrogen-bond acceptors (Lipinski definition) is 6. The molecule has 0 saturated carbocycles. The summed E-state index contributed by atoms with van der Waals surface area (Å²) in [6, 6.07) is 5.92. The van der Waals surface area contributed by atoms with Gasteiger partial charge in [0.2, 0.25) is 5.91 Å². The van der Waals surface area contributed by atoms with E-state index in [1.807, 2.05) is 6.92 Å². The van der Waals surface area contributed by atoms with Gasteiger partial charge in [0.25, 0.3) is 5.69 Å². The maximum Gasteiger partial charge on any atom is 0.341 e. The van der Waals surface area contributed by atoms with E-state index < -0.39 is 16.8 Å². The monoisotopic (exact) mass is 360 g/mol. The third-order valence-corrected chi connectivity index (χ3v) is 4.64. The Morgan fingerprint density at radius 2 is 2.04 bits per heavy atom. The highest BCUT2D eigenvalue weighted by atomic mass is 32.1. The summed E-state index contributed by atoms with van der Waals surface area (Å²) in [7, 11) is 1.28. The summed E-state index contributed by atoms with van der Waals surface area (Å²) in [6.45, 7) is 3.63. The lowest BCUT2D eigenvalue weighted by molar-refractivity contribution is -0.384. The van der Waals surface area contributed by atoms with Crippen LogP contribution in [0.2, 0.25) is 0 Å². The van der Waals surface area contributed by atoms with E-state index in [-0.39, 0.29) is 5.69 Å². The molecule has 0 atom stereocenters. The number of esters is 1. The summed E-state index contributed by atoms with van der Waals surface area (Å²) in [4.78, 5) is 35.1. The lowest BCUT2D eigenvalue weighted by Gasteiger charge is -2.04. The number of rotatable bonds is 5. The van der Waals surface area contributed by atoms with E-state index in [9.17, 15) is 19.7 Å². The van der Waals surface area contributed by atoms with E-state index in [1.54, 1.807) is 13.0 Å². The highest BCUT2D eigenvalue weighted by Crippen LogP contribution is 2.32. The molecule has 2 rings (SSSR count). The number of methoxy groups -OCH3 is 1. The topological polar surface area (TPSA) is 98.5 Å². The fourth-order valence-electron chi connectivity index (χ4n) is 2.13. The Bertz CT molecular complexity index is 870. The first-order valence-corrected chi connectivity index (χ1v) is 8.07. The van der Waals surface area contributed by atoms with Gasteiger partial charge in [-0.2, -0.15) is 0 Å². The minimum atomic E-state index is -0.514. The fraction of sp³-hybridized carbons (Fsp3) is 0.176. The van der Waals surface area contributed by atoms with E-state index >= 15 is 0 Å². The molecular formula is C17H16N2O5S. The van der Waals surface area contributed by atoms with Gasteiger partial charge in [0.15, 0.2) is 0 Å². The van der Waals surface area contributed by atoms with Crippen LogP contribution in [0.4, 0.5) is 10.7 Å². The zero-order valence-corrected chi connectivity index (χ0v) is 14.7. The SMILES string of the molecule is COC(=O)c1c(NC(=O)/C=C/c2cccc([N+](=O)[O-])c2)sc(C)c1C. The number of carbonyl (C=O) groups is 2. The van der Waals surface area contributed by atoms with Crippen LogP contribution in [-0.2, 0) is 9.53 Å². The molecule has 8 heteroatoms. The van der Waals surface area contributed by atoms with Crippen LogP contribution in [0.3, 0.4) is 0 Å². The number of anilines is 1. The van der Waals surface area contributed by atoms with Gasteiger partial charge in [-0.05, 0) is 31.1 Å². The van der Waals surface area contributed by atoms with E-state index in [2.05, 4.69) is 5.32 Å². The van der Waals surface area contributed by atoms with Crippen molar-refractivity contribution in [1.29, 1.82) is 0 Å². The van der Waals surface area contributed by atoms with Crippen molar-refractivity contribution in [1.82, 2.24) is 0 Å². The van der Waals surface area contributed by atoms with E-state index in [0.29, 0.717) is 16.1 Å². The molecule has 7 nitrogen and oxygen atoms in total. The fourth-order valence-corrected chi connectivity index (χ4v) is 3.18. The Labute approximate surface area is 148 Å². The van der Waals surface area contributed by atoms with Crippen molar-refractivity contribution in [2.45, 2.75) is 13.8 Å². The first kappa shape index (κ1) is 18.3. The van der Waals surface area contributed by atoms with Crippen molar-refractivity contribution in [2.75, 3.05) is 12.4 Å². The number of ether oxygens (including phenoxy) is 1. The normalized spacial score (nSPS) is 10.7. The number of benzene rings is 1. The average Bonchev–Trinajstić information content (AvgIpc) is 2.86. The molecule has 1 aromatic carbocycles. The highest BCUT2D eigenvalue weighted by molar-refractivity contribution is 7.16. The largest absolute Gasteiger partial charge is 0.465 e. The Morgan fingerprint density at radius 3 is 2.68 bits per heavy atom. The quantitative estimate of drug-likeness (QED) is 0.379. The van der Waals surface area contributed by atoms with Crippen LogP contribution in [0.5, 0.6) is 0 Å². The molecule has 1 heterocycles. The molecular weight excluding hydrogens is 344 g/mol. The standard InChI is InChI=1S/C17H16N2O5S/c1-10-11(2)25-16(15(10)17(21)24-3)18-14(20)8-7-12-5-4-6-13(9-12)19(22)23/h4-9H,1-3H3,(H,18,20)/b8-7+. The summed E-state index contributed by atoms with van der Waals surface area (Å²) in [5.74, 6) is -0.960. The van der Waals surface area contributed by atoms with Gasteiger partial charge < -0.3 is 10.1 Å². The van der Waals surface area contributed by atoms with Crippen LogP contribution in [0.25, 0.3) is 6.08 Å². The number of nitro benzene ring substituents is 1. The Kier molecular flexibility index (Phi) is 5.66. The number of nitrogens with one attached hydrogen (secondary N) is 1. The first-order valence-electron chi connectivity index (χ1n) is 7.25. The molecule has 0 aliphatic rings. The number of carbonyl (C=O) groups excluding carboxylic acids is 2. The number of nitro groups is 1. The van der Waals surface area contributed by atoms with Crippen LogP contribution in [0.1, 0.15) is 26.4 Å². The minimum absolute atomic E-state index is 0.0555. The molecule has 1 N–H and O–H groups in total. The smallest absolute Gasteiger partial charge is 0.341 e. The van der Waals surface area contributed by atoms with Crippen LogP contribution in [0.15, 0.2) is 30.3 Å². The van der Waals surface area contributed by atoms with Gasteiger partial charge in [0.1, 0.15) is 5.00 Å². The van der Waals surface area contributed by atoms with Crippen LogP contribution in [-0.4, -0.2) is 23.9 Å². The van der Waals surface area contributed by atoms with Crippen molar-refractivity contribution < 1.29 is 19.2 Å². The summed E-state index contributed by atoms with van der Waals surface area (Å²) < 4.78 is 4.75. The van der Waals surface area contributed by atoms with Crippen molar-refractivity contribution in [3.05, 3.63) is 62.0 Å². The van der Waals surface area contributed by atoms with E-state index in [0.717, 1.165) is 10.4 Å². The van der Waals surface area contributed by atoms with Crippen LogP contribution in [0, 0.1) is 24.0 Å². The summed E-state index contributed by atoms with van der Waals surface area (Å²) in [5.41, 5.74) is 1.56. The van der Waals surface area contributed by atoms with Gasteiger partial charge in [-0.1, -0.05) is 12.1 Å². The molecule has 0 unspecified atom stereocenters. The average molecular weight is 360 g/mol. The van der Waals surface area contributed by atoms with Crippen molar-refractivity contribution in [3.63, 3.8) is 0 Å². The van der Waals surface area contributed by atoms with Crippen molar-refractivity contribution in [3.8, 4) is 0 Å². The summed E-state index contributed by atoms with van der Waals surface area (Å²) >= 11 is 1.29. The number of hydrogen-bond donors (Lipinski definition) is 1. The molecule has 25 heavy (non-hydrogen) atoms. The molecule has 0 spiro atoms. The molecule has 0 bridgehead atoms. The maximum absolute atomic E-state index is 12.1. The molecule has 0 saturated heterocycles. The van der Waals surface area contributed by atoms with Gasteiger partial charge in [0.05, 0.1) is 17.6 Å². The molecule has 0 fully saturated rings. The first-order chi connectivity index (χ1) is 11.8. The lowest BCUT2D eigenvalue weighted by Crippen LogP contribution is -2.11. The number of non-ortho nitro benzene ring substituents is 1. The molecule has 0 radical (unpaired) electrons. The number of nitrogens with zero attached hydrogens (tertiary/aromatic N) is 1. The third-order valence-electron chi connectivity index (χ3n) is 3.52. The molecule has 0 aliphatic heterocycles. The second-order valence-corrected chi connectivity index (χ2v) is 6.38. The Balaban J connectivity index is 2.18. The molecule has 130 valence electrons. The van der Waals surface area contributed by atoms with Crippen LogP contribution >= 0.6 is 11.3 Å².